The van der Waals surface area contributed by atoms with Gasteiger partial charge in [0, 0.05) is 17.3 Å². The topological polar surface area (TPSA) is 49.2 Å². The van der Waals surface area contributed by atoms with Crippen LogP contribution in [0.15, 0.2) is 58.2 Å². The molecular formula is C20H21BrFN3O2S. The first-order valence-electron chi connectivity index (χ1n) is 8.75. The number of benzene rings is 2. The molecule has 1 aromatic heterocycles. The van der Waals surface area contributed by atoms with Gasteiger partial charge in [-0.1, -0.05) is 52.0 Å². The van der Waals surface area contributed by atoms with Gasteiger partial charge in [0.05, 0.1) is 12.6 Å². The number of hydrogen-bond donors (Lipinski definition) is 0. The summed E-state index contributed by atoms with van der Waals surface area (Å²) in [5.74, 6) is 1.19. The van der Waals surface area contributed by atoms with Gasteiger partial charge in [0.2, 0.25) is 0 Å². The normalized spacial score (nSPS) is 12.1. The highest BCUT2D eigenvalue weighted by molar-refractivity contribution is 9.10. The van der Waals surface area contributed by atoms with E-state index in [9.17, 15) is 4.39 Å². The summed E-state index contributed by atoms with van der Waals surface area (Å²) in [6.45, 7) is 2.67. The van der Waals surface area contributed by atoms with Crippen molar-refractivity contribution in [2.75, 3.05) is 13.7 Å². The number of ether oxygens (including phenoxy) is 2. The van der Waals surface area contributed by atoms with E-state index in [4.69, 9.17) is 9.47 Å². The first-order valence-corrected chi connectivity index (χ1v) is 10.5. The van der Waals surface area contributed by atoms with Gasteiger partial charge in [-0.05, 0) is 36.8 Å². The minimum absolute atomic E-state index is 0.0200. The molecule has 0 bridgehead atoms. The van der Waals surface area contributed by atoms with Crippen LogP contribution in [-0.4, -0.2) is 28.5 Å². The maximum Gasteiger partial charge on any atom is 0.191 e. The van der Waals surface area contributed by atoms with Gasteiger partial charge in [-0.15, -0.1) is 10.2 Å². The van der Waals surface area contributed by atoms with Crippen molar-refractivity contribution >= 4 is 27.7 Å². The molecule has 5 nitrogen and oxygen atoms in total. The van der Waals surface area contributed by atoms with Crippen LogP contribution in [0.2, 0.25) is 0 Å². The summed E-state index contributed by atoms with van der Waals surface area (Å²) in [6, 6.07) is 14.5. The van der Waals surface area contributed by atoms with Gasteiger partial charge in [-0.2, -0.15) is 0 Å². The van der Waals surface area contributed by atoms with Gasteiger partial charge >= 0.3 is 0 Å². The maximum absolute atomic E-state index is 13.8. The molecule has 148 valence electrons. The molecule has 0 aliphatic rings. The number of halogens is 2. The highest BCUT2D eigenvalue weighted by Crippen LogP contribution is 2.27. The third-order valence-corrected chi connectivity index (χ3v) is 5.60. The van der Waals surface area contributed by atoms with Crippen molar-refractivity contribution in [1.29, 1.82) is 0 Å². The molecule has 0 radical (unpaired) electrons. The van der Waals surface area contributed by atoms with Crippen LogP contribution in [0.5, 0.6) is 5.75 Å². The van der Waals surface area contributed by atoms with Crippen molar-refractivity contribution in [3.8, 4) is 5.75 Å². The van der Waals surface area contributed by atoms with E-state index >= 15 is 0 Å². The van der Waals surface area contributed by atoms with E-state index in [2.05, 4.69) is 38.3 Å². The average molecular weight is 466 g/mol. The molecule has 8 heteroatoms. The Balaban J connectivity index is 1.76. The fourth-order valence-electron chi connectivity index (χ4n) is 2.70. The molecule has 0 unspecified atom stereocenters. The molecule has 0 aliphatic carbocycles. The van der Waals surface area contributed by atoms with E-state index in [0.717, 1.165) is 15.4 Å². The van der Waals surface area contributed by atoms with Crippen LogP contribution in [0.1, 0.15) is 24.4 Å². The van der Waals surface area contributed by atoms with Crippen LogP contribution in [0.4, 0.5) is 4.39 Å². The molecule has 0 saturated heterocycles. The number of nitrogens with zero attached hydrogens (tertiary/aromatic N) is 3. The molecular weight excluding hydrogens is 445 g/mol. The molecule has 28 heavy (non-hydrogen) atoms. The zero-order chi connectivity index (χ0) is 19.9. The standard InChI is InChI=1S/C20H21BrFN3O2S/c1-14(11-26-2)25-19(12-27-18-6-4-3-5-17(18)22)23-24-20(25)28-13-15-7-9-16(21)10-8-15/h3-10,14H,11-13H2,1-2H3/t14-/m1/s1. The van der Waals surface area contributed by atoms with Crippen LogP contribution >= 0.6 is 27.7 Å². The van der Waals surface area contributed by atoms with Gasteiger partial charge in [0.25, 0.3) is 0 Å². The van der Waals surface area contributed by atoms with Crippen LogP contribution in [0.25, 0.3) is 0 Å². The molecule has 0 fully saturated rings. The van der Waals surface area contributed by atoms with Gasteiger partial charge in [-0.3, -0.25) is 4.57 Å². The fourth-order valence-corrected chi connectivity index (χ4v) is 3.97. The number of aromatic nitrogens is 3. The number of para-hydroxylation sites is 1. The molecule has 0 saturated carbocycles. The molecule has 0 spiro atoms. The molecule has 1 heterocycles. The van der Waals surface area contributed by atoms with E-state index in [1.165, 1.54) is 11.6 Å². The fraction of sp³-hybridized carbons (Fsp3) is 0.300. The SMILES string of the molecule is COC[C@@H](C)n1c(COc2ccccc2F)nnc1SCc1ccc(Br)cc1. The highest BCUT2D eigenvalue weighted by Gasteiger charge is 2.19. The summed E-state index contributed by atoms with van der Waals surface area (Å²) in [5, 5.41) is 9.37. The average Bonchev–Trinajstić information content (AvgIpc) is 3.10. The smallest absolute Gasteiger partial charge is 0.191 e. The van der Waals surface area contributed by atoms with E-state index in [0.29, 0.717) is 12.4 Å². The first-order chi connectivity index (χ1) is 13.6. The lowest BCUT2D eigenvalue weighted by atomic mass is 10.2. The summed E-state index contributed by atoms with van der Waals surface area (Å²) in [5.41, 5.74) is 1.19. The Bertz CT molecular complexity index is 905. The Hall–Kier alpha value is -1.90. The van der Waals surface area contributed by atoms with Crippen LogP contribution in [0.3, 0.4) is 0 Å². The molecule has 0 aliphatic heterocycles. The van der Waals surface area contributed by atoms with Crippen molar-refractivity contribution in [2.45, 2.75) is 30.5 Å². The zero-order valence-electron chi connectivity index (χ0n) is 15.6. The van der Waals surface area contributed by atoms with Crippen molar-refractivity contribution in [2.24, 2.45) is 0 Å². The molecule has 3 rings (SSSR count). The third kappa shape index (κ3) is 5.33. The van der Waals surface area contributed by atoms with Crippen molar-refractivity contribution in [1.82, 2.24) is 14.8 Å². The van der Waals surface area contributed by atoms with Crippen molar-refractivity contribution in [3.05, 3.63) is 70.2 Å². The molecule has 1 atom stereocenters. The summed E-state index contributed by atoms with van der Waals surface area (Å²) in [4.78, 5) is 0. The molecule has 2 aromatic carbocycles. The summed E-state index contributed by atoms with van der Waals surface area (Å²) in [7, 11) is 1.66. The van der Waals surface area contributed by atoms with Gasteiger partial charge in [0.1, 0.15) is 6.61 Å². The van der Waals surface area contributed by atoms with Crippen LogP contribution in [0, 0.1) is 5.82 Å². The van der Waals surface area contributed by atoms with Crippen LogP contribution in [-0.2, 0) is 17.1 Å². The summed E-state index contributed by atoms with van der Waals surface area (Å²) in [6.07, 6.45) is 0. The minimum Gasteiger partial charge on any atom is -0.483 e. The van der Waals surface area contributed by atoms with Gasteiger partial charge < -0.3 is 9.47 Å². The van der Waals surface area contributed by atoms with E-state index in [1.54, 1.807) is 37.1 Å². The first kappa shape index (κ1) is 20.8. The van der Waals surface area contributed by atoms with E-state index in [1.807, 2.05) is 23.6 Å². The summed E-state index contributed by atoms with van der Waals surface area (Å²) >= 11 is 5.04. The Morgan fingerprint density at radius 3 is 2.61 bits per heavy atom. The predicted octanol–water partition coefficient (Wildman–Crippen LogP) is 5.26. The summed E-state index contributed by atoms with van der Waals surface area (Å²) < 4.78 is 27.8. The minimum atomic E-state index is -0.400. The molecule has 0 N–H and O–H groups in total. The lowest BCUT2D eigenvalue weighted by Gasteiger charge is -2.17. The lowest BCUT2D eigenvalue weighted by Crippen LogP contribution is -2.16. The lowest BCUT2D eigenvalue weighted by molar-refractivity contribution is 0.154. The third-order valence-electron chi connectivity index (χ3n) is 4.06. The van der Waals surface area contributed by atoms with Crippen molar-refractivity contribution in [3.63, 3.8) is 0 Å². The molecule has 3 aromatic rings. The number of rotatable bonds is 9. The Kier molecular flexibility index (Phi) is 7.47. The Morgan fingerprint density at radius 1 is 1.14 bits per heavy atom. The predicted molar refractivity (Wildman–Crippen MR) is 111 cm³/mol. The van der Waals surface area contributed by atoms with E-state index < -0.39 is 5.82 Å². The Labute approximate surface area is 176 Å². The van der Waals surface area contributed by atoms with E-state index in [-0.39, 0.29) is 18.4 Å². The second kappa shape index (κ2) is 10.0. The molecule has 0 amide bonds. The van der Waals surface area contributed by atoms with Gasteiger partial charge in [0.15, 0.2) is 22.5 Å². The van der Waals surface area contributed by atoms with Gasteiger partial charge in [-0.25, -0.2) is 4.39 Å². The second-order valence-electron chi connectivity index (χ2n) is 6.21. The largest absolute Gasteiger partial charge is 0.483 e. The zero-order valence-corrected chi connectivity index (χ0v) is 18.0. The monoisotopic (exact) mass is 465 g/mol. The van der Waals surface area contributed by atoms with Crippen LogP contribution < -0.4 is 4.74 Å². The quantitative estimate of drug-likeness (QED) is 0.403. The Morgan fingerprint density at radius 2 is 1.89 bits per heavy atom. The van der Waals surface area contributed by atoms with Crippen molar-refractivity contribution < 1.29 is 13.9 Å². The number of methoxy groups -OCH3 is 1. The number of thioether (sulfide) groups is 1. The maximum atomic E-state index is 13.8. The highest BCUT2D eigenvalue weighted by atomic mass is 79.9. The second-order valence-corrected chi connectivity index (χ2v) is 8.07. The number of hydrogen-bond acceptors (Lipinski definition) is 5.